The van der Waals surface area contributed by atoms with E-state index in [0.717, 1.165) is 29.0 Å². The molecule has 0 unspecified atom stereocenters. The van der Waals surface area contributed by atoms with Crippen molar-refractivity contribution in [1.29, 1.82) is 0 Å². The molecule has 0 saturated heterocycles. The van der Waals surface area contributed by atoms with Gasteiger partial charge in [0.25, 0.3) is 0 Å². The predicted octanol–water partition coefficient (Wildman–Crippen LogP) is 10.8. The van der Waals surface area contributed by atoms with Crippen LogP contribution in [0.4, 0.5) is 0 Å². The first kappa shape index (κ1) is 41.2. The molecule has 0 fully saturated rings. The van der Waals surface area contributed by atoms with Gasteiger partial charge in [0, 0.05) is 15.8 Å². The fraction of sp³-hybridized carbons (Fsp3) is 1.00. The van der Waals surface area contributed by atoms with Crippen LogP contribution in [0.1, 0.15) is 55.4 Å². The second-order valence-corrected chi connectivity index (χ2v) is 63.0. The summed E-state index contributed by atoms with van der Waals surface area (Å²) in [6, 6.07) is 0. The maximum absolute atomic E-state index is 6.14. The monoisotopic (exact) mass is 760 g/mol. The molecule has 0 aromatic rings. The summed E-state index contributed by atoms with van der Waals surface area (Å²) >= 11 is 4.40. The molecule has 0 rings (SSSR count). The van der Waals surface area contributed by atoms with E-state index in [4.69, 9.17) is 11.7 Å². The van der Waals surface area contributed by atoms with Crippen molar-refractivity contribution in [2.45, 2.75) is 163 Å². The van der Waals surface area contributed by atoms with E-state index >= 15 is 0 Å². The molecule has 0 amide bonds. The second-order valence-electron chi connectivity index (χ2n) is 16.9. The molecule has 36 heavy (non-hydrogen) atoms. The van der Waals surface area contributed by atoms with Gasteiger partial charge in [0.2, 0.25) is 0 Å². The van der Waals surface area contributed by atoms with Crippen LogP contribution >= 0.6 is 15.8 Å². The Kier molecular flexibility index (Phi) is 19.0. The summed E-state index contributed by atoms with van der Waals surface area (Å²) in [5, 5.41) is 0. The molecule has 8 heteroatoms. The average Bonchev–Trinajstić information content (AvgIpc) is 2.51. The van der Waals surface area contributed by atoms with Crippen molar-refractivity contribution in [3.8, 4) is 0 Å². The summed E-state index contributed by atoms with van der Waals surface area (Å²) in [6.07, 6.45) is 3.12. The first-order valence-electron chi connectivity index (χ1n) is 14.9. The van der Waals surface area contributed by atoms with Crippen LogP contribution < -0.4 is 0 Å². The van der Waals surface area contributed by atoms with Crippen LogP contribution in [0.15, 0.2) is 0 Å². The van der Waals surface area contributed by atoms with Crippen LogP contribution in [-0.4, -0.2) is 84.3 Å². The van der Waals surface area contributed by atoms with Crippen molar-refractivity contribution in [3.05, 3.63) is 0 Å². The standard InChI is InChI=1S/C14H32P2.2C7H19Si2.Ni.Sn/c1-11(2)15(12(3)4)9-10-16(13(5)6)14(7)8;2*1-8(2,3)7-9(4,5)6;;/h11-14H,9-10H2,1-8H3;2*7H,1-6H3;;/p+2. The zero-order valence-corrected chi connectivity index (χ0v) is 38.5. The molecule has 0 spiro atoms. The fourth-order valence-electron chi connectivity index (χ4n) is 7.09. The first-order valence-corrected chi connectivity index (χ1v) is 40.4. The summed E-state index contributed by atoms with van der Waals surface area (Å²) in [7, 11) is -4.65. The molecule has 0 heterocycles. The van der Waals surface area contributed by atoms with E-state index in [2.05, 4.69) is 134 Å². The molecule has 222 valence electrons. The van der Waals surface area contributed by atoms with Gasteiger partial charge in [-0.25, -0.2) is 0 Å². The van der Waals surface area contributed by atoms with Crippen molar-refractivity contribution in [3.63, 3.8) is 0 Å². The molecule has 0 atom stereocenters. The third-order valence-corrected chi connectivity index (χ3v) is 84.1. The van der Waals surface area contributed by atoms with Gasteiger partial charge in [-0.1, -0.05) is 0 Å². The van der Waals surface area contributed by atoms with Gasteiger partial charge in [-0.05, 0) is 55.4 Å². The Morgan fingerprint density at radius 1 is 0.444 bits per heavy atom. The van der Waals surface area contributed by atoms with Crippen molar-refractivity contribution in [1.82, 2.24) is 0 Å². The molecule has 0 aliphatic carbocycles. The third-order valence-electron chi connectivity index (χ3n) is 7.65. The van der Waals surface area contributed by atoms with Gasteiger partial charge in [0.15, 0.2) is 0 Å². The quantitative estimate of drug-likeness (QED) is 0.130. The Morgan fingerprint density at radius 2 is 0.611 bits per heavy atom. The Bertz CT molecular complexity index is 544. The van der Waals surface area contributed by atoms with Crippen LogP contribution in [-0.2, 0) is 11.7 Å². The number of hydrogen-bond donors (Lipinski definition) is 0. The molecular formula is C28H72NiP2Si4Sn+2. The summed E-state index contributed by atoms with van der Waals surface area (Å²) in [5.74, 6) is 0. The topological polar surface area (TPSA) is 0 Å². The minimum atomic E-state index is -1.74. The van der Waals surface area contributed by atoms with Crippen molar-refractivity contribution in [2.24, 2.45) is 0 Å². The van der Waals surface area contributed by atoms with Gasteiger partial charge in [0.1, 0.15) is 0 Å². The molecule has 0 bridgehead atoms. The second kappa shape index (κ2) is 16.6. The van der Waals surface area contributed by atoms with Crippen LogP contribution in [0.25, 0.3) is 0 Å². The molecule has 0 aliphatic heterocycles. The van der Waals surface area contributed by atoms with Crippen LogP contribution in [0, 0.1) is 0 Å². The van der Waals surface area contributed by atoms with Gasteiger partial charge in [-0.2, -0.15) is 0 Å². The molecule has 0 saturated carbocycles. The summed E-state index contributed by atoms with van der Waals surface area (Å²) in [6.45, 7) is 50.8. The molecule has 0 radical (unpaired) electrons. The van der Waals surface area contributed by atoms with Crippen molar-refractivity contribution >= 4 is 65.2 Å². The van der Waals surface area contributed by atoms with Crippen LogP contribution in [0.2, 0.25) is 84.9 Å². The molecule has 0 aromatic carbocycles. The summed E-state index contributed by atoms with van der Waals surface area (Å²) < 4.78 is 2.17. The van der Waals surface area contributed by atoms with E-state index in [9.17, 15) is 0 Å². The van der Waals surface area contributed by atoms with E-state index in [1.807, 2.05) is 0 Å². The average molecular weight is 761 g/mol. The first-order chi connectivity index (χ1) is 15.7. The Morgan fingerprint density at radius 3 is 0.722 bits per heavy atom. The third kappa shape index (κ3) is 15.3. The van der Waals surface area contributed by atoms with Crippen LogP contribution in [0.3, 0.4) is 0 Å². The molecule has 0 N–H and O–H groups in total. The Hall–Kier alpha value is 3.02. The SMILES string of the molecule is CC(C)[PH+](CC[PH+](C(C)C)C(C)C)C(C)C.C[Si](C)(C)[CH]([Sn](=[Ni])[CH]([Si](C)(C)C)[Si](C)(C)C)[Si](C)(C)C. The molecule has 0 nitrogen and oxygen atoms in total. The predicted molar refractivity (Wildman–Crippen MR) is 194 cm³/mol. The Balaban J connectivity index is 0. The number of hydrogen-bond acceptors (Lipinski definition) is 0. The summed E-state index contributed by atoms with van der Waals surface area (Å²) in [5.41, 5.74) is 3.81. The van der Waals surface area contributed by atoms with Crippen molar-refractivity contribution in [2.75, 3.05) is 12.3 Å². The fourth-order valence-corrected chi connectivity index (χ4v) is 109. The molecule has 0 aliphatic rings. The van der Waals surface area contributed by atoms with Gasteiger partial charge in [-0.15, -0.1) is 0 Å². The number of rotatable bonds is 13. The zero-order chi connectivity index (χ0) is 29.6. The van der Waals surface area contributed by atoms with E-state index in [-0.39, 0.29) is 15.8 Å². The van der Waals surface area contributed by atoms with E-state index in [1.54, 1.807) is 12.3 Å². The van der Waals surface area contributed by atoms with E-state index in [0.29, 0.717) is 0 Å². The molecule has 0 aromatic heterocycles. The van der Waals surface area contributed by atoms with Crippen LogP contribution in [0.5, 0.6) is 0 Å². The summed E-state index contributed by atoms with van der Waals surface area (Å²) in [4.78, 5) is 0. The van der Waals surface area contributed by atoms with Gasteiger partial charge in [0.05, 0.1) is 35.0 Å². The van der Waals surface area contributed by atoms with Gasteiger partial charge < -0.3 is 0 Å². The van der Waals surface area contributed by atoms with Gasteiger partial charge in [-0.3, -0.25) is 0 Å². The maximum atomic E-state index is 6.14. The zero-order valence-electron chi connectivity index (χ0n) is 28.7. The Labute approximate surface area is 250 Å². The van der Waals surface area contributed by atoms with E-state index < -0.39 is 49.4 Å². The normalized spacial score (nSPS) is 14.3. The molecular weight excluding hydrogens is 688 g/mol. The van der Waals surface area contributed by atoms with E-state index in [1.165, 1.54) is 0 Å². The minimum absolute atomic E-state index is 0.114. The van der Waals surface area contributed by atoms with Gasteiger partial charge >= 0.3 is 146 Å². The van der Waals surface area contributed by atoms with Crippen molar-refractivity contribution < 1.29 is 11.7 Å².